The molecule has 1 aliphatic heterocycles. The van der Waals surface area contributed by atoms with E-state index in [4.69, 9.17) is 4.74 Å². The summed E-state index contributed by atoms with van der Waals surface area (Å²) in [6.45, 7) is 10.3. The van der Waals surface area contributed by atoms with Crippen LogP contribution in [0.3, 0.4) is 0 Å². The van der Waals surface area contributed by atoms with Gasteiger partial charge in [-0.05, 0) is 36.1 Å². The SMILES string of the molecule is CCCN1CC(c2ccc(C(C)C)c(OC)c2)C1. The van der Waals surface area contributed by atoms with Gasteiger partial charge in [-0.1, -0.05) is 32.9 Å². The Bertz CT molecular complexity index is 394. The van der Waals surface area contributed by atoms with E-state index in [1.54, 1.807) is 7.11 Å². The molecule has 0 unspecified atom stereocenters. The topological polar surface area (TPSA) is 12.5 Å². The number of likely N-dealkylation sites (tertiary alicyclic amines) is 1. The molecule has 2 nitrogen and oxygen atoms in total. The third-order valence-electron chi connectivity index (χ3n) is 3.85. The van der Waals surface area contributed by atoms with Gasteiger partial charge in [-0.3, -0.25) is 0 Å². The van der Waals surface area contributed by atoms with E-state index < -0.39 is 0 Å². The Morgan fingerprint density at radius 1 is 1.33 bits per heavy atom. The molecule has 0 bridgehead atoms. The van der Waals surface area contributed by atoms with Crippen molar-refractivity contribution in [2.24, 2.45) is 0 Å². The minimum Gasteiger partial charge on any atom is -0.496 e. The zero-order valence-electron chi connectivity index (χ0n) is 12.1. The fourth-order valence-corrected chi connectivity index (χ4v) is 2.74. The molecule has 1 fully saturated rings. The first-order valence-corrected chi connectivity index (χ1v) is 7.05. The molecule has 0 spiro atoms. The van der Waals surface area contributed by atoms with Crippen LogP contribution < -0.4 is 4.74 Å². The number of nitrogens with zero attached hydrogens (tertiary/aromatic N) is 1. The highest BCUT2D eigenvalue weighted by atomic mass is 16.5. The molecule has 0 atom stereocenters. The summed E-state index contributed by atoms with van der Waals surface area (Å²) in [6.07, 6.45) is 1.25. The normalized spacial score (nSPS) is 16.9. The van der Waals surface area contributed by atoms with Crippen LogP contribution in [-0.2, 0) is 0 Å². The lowest BCUT2D eigenvalue weighted by Gasteiger charge is -2.39. The number of ether oxygens (including phenoxy) is 1. The first-order chi connectivity index (χ1) is 8.65. The second kappa shape index (κ2) is 5.75. The summed E-state index contributed by atoms with van der Waals surface area (Å²) in [5.74, 6) is 2.27. The molecular formula is C16H25NO. The van der Waals surface area contributed by atoms with Crippen LogP contribution in [0, 0.1) is 0 Å². The molecule has 2 rings (SSSR count). The Kier molecular flexibility index (Phi) is 4.28. The highest BCUT2D eigenvalue weighted by molar-refractivity contribution is 5.41. The average Bonchev–Trinajstić information content (AvgIpc) is 2.32. The Hall–Kier alpha value is -1.02. The van der Waals surface area contributed by atoms with Crippen molar-refractivity contribution in [3.8, 4) is 5.75 Å². The molecule has 1 aliphatic rings. The molecule has 1 saturated heterocycles. The van der Waals surface area contributed by atoms with E-state index in [1.807, 2.05) is 0 Å². The molecule has 0 radical (unpaired) electrons. The second-order valence-electron chi connectivity index (χ2n) is 5.61. The van der Waals surface area contributed by atoms with E-state index >= 15 is 0 Å². The van der Waals surface area contributed by atoms with Crippen LogP contribution in [0.2, 0.25) is 0 Å². The van der Waals surface area contributed by atoms with Gasteiger partial charge in [0.1, 0.15) is 5.75 Å². The van der Waals surface area contributed by atoms with Gasteiger partial charge in [-0.2, -0.15) is 0 Å². The zero-order valence-corrected chi connectivity index (χ0v) is 12.1. The maximum atomic E-state index is 5.53. The van der Waals surface area contributed by atoms with Crippen LogP contribution >= 0.6 is 0 Å². The monoisotopic (exact) mass is 247 g/mol. The van der Waals surface area contributed by atoms with Crippen LogP contribution in [0.15, 0.2) is 18.2 Å². The van der Waals surface area contributed by atoms with Crippen molar-refractivity contribution < 1.29 is 4.74 Å². The Labute approximate surface area is 111 Å². The van der Waals surface area contributed by atoms with Crippen molar-refractivity contribution in [1.82, 2.24) is 4.90 Å². The van der Waals surface area contributed by atoms with Crippen molar-refractivity contribution >= 4 is 0 Å². The molecule has 0 N–H and O–H groups in total. The largest absolute Gasteiger partial charge is 0.496 e. The van der Waals surface area contributed by atoms with E-state index in [1.165, 1.54) is 37.2 Å². The third kappa shape index (κ3) is 2.69. The summed E-state index contributed by atoms with van der Waals surface area (Å²) in [6, 6.07) is 6.76. The van der Waals surface area contributed by atoms with E-state index in [-0.39, 0.29) is 0 Å². The first kappa shape index (κ1) is 13.4. The summed E-state index contributed by atoms with van der Waals surface area (Å²) in [5, 5.41) is 0. The van der Waals surface area contributed by atoms with Gasteiger partial charge in [0.05, 0.1) is 7.11 Å². The lowest BCUT2D eigenvalue weighted by Crippen LogP contribution is -2.45. The molecule has 0 saturated carbocycles. The summed E-state index contributed by atoms with van der Waals surface area (Å²) in [7, 11) is 1.77. The molecule has 0 aliphatic carbocycles. The van der Waals surface area contributed by atoms with Gasteiger partial charge >= 0.3 is 0 Å². The molecule has 1 aromatic rings. The second-order valence-corrected chi connectivity index (χ2v) is 5.61. The smallest absolute Gasteiger partial charge is 0.122 e. The molecule has 2 heteroatoms. The molecular weight excluding hydrogens is 222 g/mol. The minimum absolute atomic E-state index is 0.520. The summed E-state index contributed by atoms with van der Waals surface area (Å²) >= 11 is 0. The predicted octanol–water partition coefficient (Wildman–Crippen LogP) is 3.63. The van der Waals surface area contributed by atoms with Crippen LogP contribution in [-0.4, -0.2) is 31.6 Å². The standard InChI is InChI=1S/C16H25NO/c1-5-8-17-10-14(11-17)13-6-7-15(12(2)3)16(9-13)18-4/h6-7,9,12,14H,5,8,10-11H2,1-4H3. The number of methoxy groups -OCH3 is 1. The van der Waals surface area contributed by atoms with Crippen molar-refractivity contribution in [3.05, 3.63) is 29.3 Å². The van der Waals surface area contributed by atoms with Crippen LogP contribution in [0.25, 0.3) is 0 Å². The lowest BCUT2D eigenvalue weighted by atomic mass is 9.89. The number of hydrogen-bond donors (Lipinski definition) is 0. The fraction of sp³-hybridized carbons (Fsp3) is 0.625. The molecule has 0 amide bonds. The van der Waals surface area contributed by atoms with Gasteiger partial charge in [0, 0.05) is 19.0 Å². The maximum Gasteiger partial charge on any atom is 0.122 e. The van der Waals surface area contributed by atoms with Gasteiger partial charge < -0.3 is 9.64 Å². The summed E-state index contributed by atoms with van der Waals surface area (Å²) < 4.78 is 5.53. The predicted molar refractivity (Wildman–Crippen MR) is 76.6 cm³/mol. The molecule has 18 heavy (non-hydrogen) atoms. The first-order valence-electron chi connectivity index (χ1n) is 7.05. The van der Waals surface area contributed by atoms with Gasteiger partial charge in [-0.15, -0.1) is 0 Å². The van der Waals surface area contributed by atoms with Crippen LogP contribution in [0.5, 0.6) is 5.75 Å². The van der Waals surface area contributed by atoms with Crippen LogP contribution in [0.4, 0.5) is 0 Å². The quantitative estimate of drug-likeness (QED) is 0.788. The van der Waals surface area contributed by atoms with Crippen molar-refractivity contribution in [2.75, 3.05) is 26.7 Å². The number of hydrogen-bond acceptors (Lipinski definition) is 2. The summed E-state index contributed by atoms with van der Waals surface area (Å²) in [4.78, 5) is 2.52. The van der Waals surface area contributed by atoms with E-state index in [0.29, 0.717) is 11.8 Å². The van der Waals surface area contributed by atoms with Crippen molar-refractivity contribution in [1.29, 1.82) is 0 Å². The van der Waals surface area contributed by atoms with Crippen LogP contribution in [0.1, 0.15) is 50.2 Å². The number of rotatable bonds is 5. The van der Waals surface area contributed by atoms with Gasteiger partial charge in [0.2, 0.25) is 0 Å². The molecule has 1 aromatic carbocycles. The lowest BCUT2D eigenvalue weighted by molar-refractivity contribution is 0.148. The number of benzene rings is 1. The fourth-order valence-electron chi connectivity index (χ4n) is 2.74. The highest BCUT2D eigenvalue weighted by Gasteiger charge is 2.27. The minimum atomic E-state index is 0.520. The highest BCUT2D eigenvalue weighted by Crippen LogP contribution is 2.33. The summed E-state index contributed by atoms with van der Waals surface area (Å²) in [5.41, 5.74) is 2.74. The average molecular weight is 247 g/mol. The Morgan fingerprint density at radius 2 is 2.06 bits per heavy atom. The van der Waals surface area contributed by atoms with E-state index in [9.17, 15) is 0 Å². The van der Waals surface area contributed by atoms with Gasteiger partial charge in [0.25, 0.3) is 0 Å². The maximum absolute atomic E-state index is 5.53. The van der Waals surface area contributed by atoms with Crippen molar-refractivity contribution in [3.63, 3.8) is 0 Å². The molecule has 1 heterocycles. The molecule has 100 valence electrons. The third-order valence-corrected chi connectivity index (χ3v) is 3.85. The zero-order chi connectivity index (χ0) is 13.1. The Morgan fingerprint density at radius 3 is 2.61 bits per heavy atom. The molecule has 0 aromatic heterocycles. The van der Waals surface area contributed by atoms with Crippen molar-refractivity contribution in [2.45, 2.75) is 39.0 Å². The van der Waals surface area contributed by atoms with E-state index in [0.717, 1.165) is 5.75 Å². The van der Waals surface area contributed by atoms with Gasteiger partial charge in [-0.25, -0.2) is 0 Å². The van der Waals surface area contributed by atoms with Gasteiger partial charge in [0.15, 0.2) is 0 Å². The van der Waals surface area contributed by atoms with E-state index in [2.05, 4.69) is 43.9 Å². The Balaban J connectivity index is 2.07.